The summed E-state index contributed by atoms with van der Waals surface area (Å²) in [7, 11) is 1.77. The second-order valence-electron chi connectivity index (χ2n) is 38.8. The molecular weight excluding hydrogens is 1820 g/mol. The van der Waals surface area contributed by atoms with Crippen LogP contribution in [-0.2, 0) is 77.6 Å². The first-order valence-electron chi connectivity index (χ1n) is 47.6. The highest BCUT2D eigenvalue weighted by molar-refractivity contribution is 7.08. The van der Waals surface area contributed by atoms with Gasteiger partial charge in [-0.05, 0) is 309 Å². The first-order chi connectivity index (χ1) is 66.9. The van der Waals surface area contributed by atoms with Crippen LogP contribution in [0.1, 0.15) is 368 Å². The van der Waals surface area contributed by atoms with E-state index in [0.29, 0.717) is 57.5 Å². The molecule has 2 aromatic heterocycles. The number of rotatable bonds is 19. The normalized spacial score (nSPS) is 17.7. The van der Waals surface area contributed by atoms with Crippen LogP contribution in [0.4, 0.5) is 8.78 Å². The third-order valence-corrected chi connectivity index (χ3v) is 27.1. The van der Waals surface area contributed by atoms with Crippen LogP contribution in [0.15, 0.2) is 150 Å². The predicted molar refractivity (Wildman–Crippen MR) is 517 cm³/mol. The number of thiophene rings is 1. The van der Waals surface area contributed by atoms with Crippen molar-refractivity contribution in [1.29, 1.82) is 0 Å². The van der Waals surface area contributed by atoms with Crippen LogP contribution >= 0.6 is 11.3 Å². The van der Waals surface area contributed by atoms with Crippen LogP contribution in [0.5, 0.6) is 0 Å². The maximum absolute atomic E-state index is 13.7. The average molecular weight is 1940 g/mol. The van der Waals surface area contributed by atoms with Crippen LogP contribution in [0, 0.1) is 27.9 Å². The van der Waals surface area contributed by atoms with Crippen molar-refractivity contribution in [3.63, 3.8) is 0 Å². The molecule has 6 unspecified atom stereocenters. The fraction of sp³-hybridized carbons (Fsp3) is 0.419. The number of aromatic nitrogens is 2. The quantitative estimate of drug-likeness (QED) is 0.0264. The number of nitrogens with zero attached hydrogens (tertiary/aromatic N) is 2. The van der Waals surface area contributed by atoms with E-state index in [1.807, 2.05) is 102 Å². The Hall–Kier alpha value is -13.3. The first kappa shape index (κ1) is 107. The van der Waals surface area contributed by atoms with E-state index in [2.05, 4.69) is 43.9 Å². The lowest BCUT2D eigenvalue weighted by Crippen LogP contribution is -2.42. The zero-order chi connectivity index (χ0) is 101. The largest absolute Gasteiger partial charge is 0.349 e. The summed E-state index contributed by atoms with van der Waals surface area (Å²) in [5, 5.41) is 78.8. The second-order valence-corrected chi connectivity index (χ2v) is 39.6. The van der Waals surface area contributed by atoms with Gasteiger partial charge in [-0.15, -0.1) is 0 Å². The van der Waals surface area contributed by atoms with Crippen LogP contribution in [0.2, 0.25) is 0 Å². The Morgan fingerprint density at radius 2 is 0.714 bits per heavy atom. The SMILES string of the molecule is CC(C)(C)C(=O)NC1CCCc2cc(C(=O)NO)ccc21.CC(C)(C)CC(=O)NC1CCCc2cc(C(=O)NO)ccc21.CC1(C(=O)NC2CCCc3cc(C(=O)NO)ccc32)CCCCC1.CCc1cc(C(=O)NC2CCCc3cc(C(=O)NO)ccc32)n(C)n1.O=C(Cc1c(F)cccc1F)NC1CCCc2cc(C(=O)NO)ccc21.O=C(NO)c1ccc2c(c1)CCCC2NC(=O)c1ccsc1. The number of carbonyl (C=O) groups is 12. The zero-order valence-electron chi connectivity index (χ0n) is 80.4. The second kappa shape index (κ2) is 49.5. The van der Waals surface area contributed by atoms with Gasteiger partial charge in [0.15, 0.2) is 0 Å². The predicted octanol–water partition coefficient (Wildman–Crippen LogP) is 15.8. The van der Waals surface area contributed by atoms with Crippen LogP contribution in [0.3, 0.4) is 0 Å². The molecule has 12 amide bonds. The van der Waals surface area contributed by atoms with E-state index in [9.17, 15) is 66.3 Å². The van der Waals surface area contributed by atoms with E-state index in [1.54, 1.807) is 123 Å². The lowest BCUT2D eigenvalue weighted by molar-refractivity contribution is -0.133. The minimum Gasteiger partial charge on any atom is -0.349 e. The Balaban J connectivity index is 0.000000161. The van der Waals surface area contributed by atoms with Crippen LogP contribution < -0.4 is 64.8 Å². The third-order valence-electron chi connectivity index (χ3n) is 26.4. The topological polar surface area (TPSA) is 488 Å². The van der Waals surface area contributed by atoms with E-state index in [1.165, 1.54) is 23.8 Å². The first-order valence-corrected chi connectivity index (χ1v) is 48.6. The van der Waals surface area contributed by atoms with Gasteiger partial charge >= 0.3 is 0 Å². The number of halogens is 2. The Morgan fingerprint density at radius 3 is 1.02 bits per heavy atom. The molecule has 1 fully saturated rings. The molecule has 7 aromatic carbocycles. The molecular formula is C105H128F2N14O18S. The summed E-state index contributed by atoms with van der Waals surface area (Å²) in [4.78, 5) is 143. The molecule has 0 radical (unpaired) electrons. The van der Waals surface area contributed by atoms with Crippen molar-refractivity contribution in [2.24, 2.45) is 23.3 Å². The molecule has 6 atom stereocenters. The fourth-order valence-corrected chi connectivity index (χ4v) is 19.5. The maximum Gasteiger partial charge on any atom is 0.274 e. The monoisotopic (exact) mass is 1940 g/mol. The summed E-state index contributed by atoms with van der Waals surface area (Å²) in [6.07, 6.45) is 22.2. The Kier molecular flexibility index (Phi) is 37.9. The lowest BCUT2D eigenvalue weighted by atomic mass is 9.74. The van der Waals surface area contributed by atoms with Gasteiger partial charge in [0.25, 0.3) is 47.3 Å². The number of nitrogens with one attached hydrogen (secondary N) is 12. The highest BCUT2D eigenvalue weighted by Gasteiger charge is 2.38. The Morgan fingerprint density at radius 1 is 0.393 bits per heavy atom. The highest BCUT2D eigenvalue weighted by Crippen LogP contribution is 2.41. The van der Waals surface area contributed by atoms with Crippen LogP contribution in [-0.4, -0.2) is 112 Å². The number of aryl methyl sites for hydroxylation is 8. The Bertz CT molecular complexity index is 5970. The van der Waals surface area contributed by atoms with Crippen molar-refractivity contribution in [3.05, 3.63) is 285 Å². The zero-order valence-corrected chi connectivity index (χ0v) is 81.2. The van der Waals surface area contributed by atoms with Crippen LogP contribution in [0.25, 0.3) is 0 Å². The summed E-state index contributed by atoms with van der Waals surface area (Å²) in [5.74, 6) is -5.12. The minimum atomic E-state index is -0.746. The summed E-state index contributed by atoms with van der Waals surface area (Å²) in [6, 6.07) is 38.4. The molecule has 9 aromatic rings. The third kappa shape index (κ3) is 28.5. The van der Waals surface area contributed by atoms with Gasteiger partial charge in [0, 0.05) is 68.6 Å². The van der Waals surface area contributed by atoms with Crippen molar-refractivity contribution in [3.8, 4) is 0 Å². The molecule has 0 bridgehead atoms. The molecule has 140 heavy (non-hydrogen) atoms. The molecule has 0 spiro atoms. The summed E-state index contributed by atoms with van der Waals surface area (Å²) in [5.41, 5.74) is 25.8. The van der Waals surface area contributed by atoms with E-state index < -0.39 is 58.4 Å². The lowest BCUT2D eigenvalue weighted by Gasteiger charge is -2.35. The molecule has 746 valence electrons. The van der Waals surface area contributed by atoms with Gasteiger partial charge in [0.05, 0.1) is 53.9 Å². The minimum absolute atomic E-state index is 0.00448. The molecule has 0 saturated heterocycles. The molecule has 16 rings (SSSR count). The highest BCUT2D eigenvalue weighted by atomic mass is 32.1. The van der Waals surface area contributed by atoms with Gasteiger partial charge in [-0.3, -0.25) is 93.5 Å². The fourth-order valence-electron chi connectivity index (χ4n) is 18.9. The summed E-state index contributed by atoms with van der Waals surface area (Å²) >= 11 is 1.49. The van der Waals surface area contributed by atoms with Crippen molar-refractivity contribution in [2.75, 3.05) is 0 Å². The van der Waals surface area contributed by atoms with Crippen molar-refractivity contribution >= 4 is 82.2 Å². The van der Waals surface area contributed by atoms with Gasteiger partial charge in [-0.2, -0.15) is 16.4 Å². The van der Waals surface area contributed by atoms with E-state index in [-0.39, 0.29) is 88.6 Å². The van der Waals surface area contributed by atoms with Crippen molar-refractivity contribution < 1.29 is 97.6 Å². The van der Waals surface area contributed by atoms with Gasteiger partial charge < -0.3 is 31.9 Å². The number of benzene rings is 7. The standard InChI is InChI=1S/C19H18F2N2O3.C19H26N2O3.C18H22N4O3.C17H24N2O3.C16H16N2O3S.C16H22N2O3/c20-15-4-2-5-16(21)14(15)10-18(24)22-17-6-1-3-11-9-12(19(25)23-26)7-8-13(11)17;1-19(10-3-2-4-11-19)18(23)20-16-7-5-6-13-12-14(17(22)21-24)8-9-15(13)16;1-3-13-10-16(22(2)20-13)18(24)19-15-6-4-5-11-9-12(17(23)21-25)7-8-14(11)15;1-17(2,3)10-15(20)18-14-6-4-5-11-9-12(16(21)19-22)7-8-13(11)14;19-15(12-6-7-22-9-12)17-14-3-1-2-10-8-11(16(20)18-21)4-5-13(10)14;1-16(2,3)15(20)17-13-6-4-5-10-9-11(14(19)18-21)7-8-12(10)13/h2,4-5,7-9,17,26H,1,3,6,10H2,(H,22,24)(H,23,25);8-9,12,16,24H,2-7,10-11H2,1H3,(H,20,23)(H,21,22);7-10,15,25H,3-6H2,1-2H3,(H,19,24)(H,21,23);7-9,14,22H,4-6,10H2,1-3H3,(H,18,20)(H,19,21);4-9,14,21H,1-3H2,(H,17,19)(H,18,20);7-9,13,21H,4-6H2,1-3H3,(H,17,20)(H,18,19). The number of fused-ring (bicyclic) bond motifs is 6. The molecule has 35 heteroatoms. The number of hydroxylamine groups is 6. The number of hydrogen-bond donors (Lipinski definition) is 18. The smallest absolute Gasteiger partial charge is 0.274 e. The van der Waals surface area contributed by atoms with Gasteiger partial charge in [-0.25, -0.2) is 41.7 Å². The molecule has 32 nitrogen and oxygen atoms in total. The molecule has 1 saturated carbocycles. The van der Waals surface area contributed by atoms with E-state index >= 15 is 0 Å². The van der Waals surface area contributed by atoms with Crippen molar-refractivity contribution in [2.45, 2.75) is 259 Å². The molecule has 18 N–H and O–H groups in total. The number of hydrogen-bond acceptors (Lipinski definition) is 20. The van der Waals surface area contributed by atoms with E-state index in [4.69, 9.17) is 31.2 Å². The molecule has 7 aliphatic rings. The Labute approximate surface area is 816 Å². The molecule has 2 heterocycles. The van der Waals surface area contributed by atoms with Crippen molar-refractivity contribution in [1.82, 2.24) is 74.6 Å². The van der Waals surface area contributed by atoms with Gasteiger partial charge in [0.2, 0.25) is 23.6 Å². The molecule has 0 aliphatic heterocycles. The summed E-state index contributed by atoms with van der Waals surface area (Å²) in [6.45, 7) is 15.9. The average Bonchev–Trinajstić information content (AvgIpc) is 1.39. The molecule has 7 aliphatic carbocycles. The maximum atomic E-state index is 13.7. The van der Waals surface area contributed by atoms with Gasteiger partial charge in [-0.1, -0.05) is 117 Å². The van der Waals surface area contributed by atoms with E-state index in [0.717, 1.165) is 226 Å². The summed E-state index contributed by atoms with van der Waals surface area (Å²) < 4.78 is 29.0. The number of carbonyl (C=O) groups excluding carboxylic acids is 12. The van der Waals surface area contributed by atoms with Gasteiger partial charge in [0.1, 0.15) is 17.3 Å². The number of amides is 12.